The largest absolute Gasteiger partial charge is 0.374 e. The van der Waals surface area contributed by atoms with Gasteiger partial charge in [0.25, 0.3) is 5.91 Å². The Labute approximate surface area is 152 Å². The summed E-state index contributed by atoms with van der Waals surface area (Å²) in [6.45, 7) is 3.04. The number of amides is 1. The van der Waals surface area contributed by atoms with Gasteiger partial charge in [0.15, 0.2) is 0 Å². The van der Waals surface area contributed by atoms with Crippen molar-refractivity contribution in [1.29, 1.82) is 0 Å². The number of imidazole rings is 1. The molecule has 0 aliphatic carbocycles. The zero-order chi connectivity index (χ0) is 17.9. The molecule has 3 heterocycles. The lowest BCUT2D eigenvalue weighted by molar-refractivity contribution is -0.0447. The van der Waals surface area contributed by atoms with E-state index in [0.29, 0.717) is 18.7 Å². The first-order valence-electron chi connectivity index (χ1n) is 8.64. The van der Waals surface area contributed by atoms with E-state index in [9.17, 15) is 4.79 Å². The lowest BCUT2D eigenvalue weighted by Crippen LogP contribution is -2.46. The molecule has 6 nitrogen and oxygen atoms in total. The van der Waals surface area contributed by atoms with Crippen LogP contribution in [-0.4, -0.2) is 44.6 Å². The number of morpholine rings is 1. The molecule has 0 saturated carbocycles. The Balaban J connectivity index is 1.60. The summed E-state index contributed by atoms with van der Waals surface area (Å²) in [5.74, 6) is 0.702. The summed E-state index contributed by atoms with van der Waals surface area (Å²) < 4.78 is 7.61. The first-order chi connectivity index (χ1) is 12.7. The van der Waals surface area contributed by atoms with Crippen LogP contribution in [0.15, 0.2) is 67.4 Å². The third-order valence-electron chi connectivity index (χ3n) is 4.58. The van der Waals surface area contributed by atoms with Crippen LogP contribution >= 0.6 is 0 Å². The Bertz CT molecular complexity index is 863. The quantitative estimate of drug-likeness (QED) is 0.730. The Hall–Kier alpha value is -2.99. The van der Waals surface area contributed by atoms with Crippen LogP contribution in [0, 0.1) is 0 Å². The van der Waals surface area contributed by atoms with Crippen LogP contribution in [0.4, 0.5) is 0 Å². The Morgan fingerprint density at radius 2 is 2.04 bits per heavy atom. The summed E-state index contributed by atoms with van der Waals surface area (Å²) in [5, 5.41) is 0. The van der Waals surface area contributed by atoms with Gasteiger partial charge in [0.05, 0.1) is 24.3 Å². The topological polar surface area (TPSA) is 60.2 Å². The SMILES string of the molecule is C[C@@H]1CN(C(=O)c2ccc(-n3ccnc3)nc2)[C@@H](c2ccccc2)CO1. The van der Waals surface area contributed by atoms with Crippen LogP contribution in [0.25, 0.3) is 5.82 Å². The fourth-order valence-electron chi connectivity index (χ4n) is 3.20. The number of benzene rings is 1. The van der Waals surface area contributed by atoms with E-state index >= 15 is 0 Å². The highest BCUT2D eigenvalue weighted by Crippen LogP contribution is 2.27. The van der Waals surface area contributed by atoms with Gasteiger partial charge in [-0.2, -0.15) is 0 Å². The lowest BCUT2D eigenvalue weighted by Gasteiger charge is -2.39. The normalized spacial score (nSPS) is 20.1. The van der Waals surface area contributed by atoms with Crippen molar-refractivity contribution in [2.75, 3.05) is 13.2 Å². The summed E-state index contributed by atoms with van der Waals surface area (Å²) in [6.07, 6.45) is 6.83. The van der Waals surface area contributed by atoms with E-state index in [2.05, 4.69) is 9.97 Å². The number of carbonyl (C=O) groups is 1. The molecule has 1 aliphatic heterocycles. The van der Waals surface area contributed by atoms with Gasteiger partial charge < -0.3 is 9.64 Å². The maximum Gasteiger partial charge on any atom is 0.256 e. The number of aromatic nitrogens is 3. The minimum Gasteiger partial charge on any atom is -0.374 e. The second-order valence-corrected chi connectivity index (χ2v) is 6.40. The molecule has 132 valence electrons. The van der Waals surface area contributed by atoms with Gasteiger partial charge in [0.1, 0.15) is 12.1 Å². The van der Waals surface area contributed by atoms with Crippen LogP contribution in [-0.2, 0) is 4.74 Å². The summed E-state index contributed by atoms with van der Waals surface area (Å²) >= 11 is 0. The number of rotatable bonds is 3. The molecule has 0 N–H and O–H groups in total. The van der Waals surface area contributed by atoms with Gasteiger partial charge in [-0.1, -0.05) is 30.3 Å². The van der Waals surface area contributed by atoms with E-state index in [0.717, 1.165) is 11.4 Å². The van der Waals surface area contributed by atoms with Crippen molar-refractivity contribution in [2.45, 2.75) is 19.1 Å². The van der Waals surface area contributed by atoms with Gasteiger partial charge in [-0.3, -0.25) is 9.36 Å². The van der Waals surface area contributed by atoms with Gasteiger partial charge in [0.2, 0.25) is 0 Å². The third-order valence-corrected chi connectivity index (χ3v) is 4.58. The Morgan fingerprint density at radius 1 is 1.19 bits per heavy atom. The molecule has 0 unspecified atom stereocenters. The molecule has 3 aromatic rings. The smallest absolute Gasteiger partial charge is 0.256 e. The average molecular weight is 348 g/mol. The molecule has 0 bridgehead atoms. The van der Waals surface area contributed by atoms with Crippen molar-refractivity contribution in [3.8, 4) is 5.82 Å². The van der Waals surface area contributed by atoms with Gasteiger partial charge in [-0.25, -0.2) is 9.97 Å². The van der Waals surface area contributed by atoms with Crippen molar-refractivity contribution in [1.82, 2.24) is 19.4 Å². The molecular weight excluding hydrogens is 328 g/mol. The van der Waals surface area contributed by atoms with Gasteiger partial charge >= 0.3 is 0 Å². The van der Waals surface area contributed by atoms with E-state index < -0.39 is 0 Å². The van der Waals surface area contributed by atoms with Crippen LogP contribution in [0.5, 0.6) is 0 Å². The standard InChI is InChI=1S/C20H20N4O2/c1-15-12-24(18(13-26-15)16-5-3-2-4-6-16)20(25)17-7-8-19(22-11-17)23-10-9-21-14-23/h2-11,14-15,18H,12-13H2,1H3/t15-,18-/m1/s1. The highest BCUT2D eigenvalue weighted by Gasteiger charge is 2.32. The fourth-order valence-corrected chi connectivity index (χ4v) is 3.20. The zero-order valence-electron chi connectivity index (χ0n) is 14.5. The minimum absolute atomic E-state index is 0.0112. The molecule has 6 heteroatoms. The van der Waals surface area contributed by atoms with Gasteiger partial charge in [-0.15, -0.1) is 0 Å². The molecule has 4 rings (SSSR count). The second-order valence-electron chi connectivity index (χ2n) is 6.40. The number of hydrogen-bond donors (Lipinski definition) is 0. The highest BCUT2D eigenvalue weighted by molar-refractivity contribution is 5.94. The summed E-state index contributed by atoms with van der Waals surface area (Å²) in [7, 11) is 0. The molecule has 1 saturated heterocycles. The number of nitrogens with zero attached hydrogens (tertiary/aromatic N) is 4. The number of carbonyl (C=O) groups excluding carboxylic acids is 1. The number of ether oxygens (including phenoxy) is 1. The third kappa shape index (κ3) is 3.23. The van der Waals surface area contributed by atoms with Crippen molar-refractivity contribution in [3.05, 3.63) is 78.5 Å². The molecule has 0 radical (unpaired) electrons. The maximum atomic E-state index is 13.1. The van der Waals surface area contributed by atoms with Crippen molar-refractivity contribution in [3.63, 3.8) is 0 Å². The molecule has 2 atom stereocenters. The summed E-state index contributed by atoms with van der Waals surface area (Å²) in [5.41, 5.74) is 1.65. The molecule has 1 fully saturated rings. The molecule has 1 amide bonds. The van der Waals surface area contributed by atoms with E-state index in [1.54, 1.807) is 23.3 Å². The van der Waals surface area contributed by atoms with Gasteiger partial charge in [0, 0.05) is 25.1 Å². The van der Waals surface area contributed by atoms with Crippen LogP contribution in [0.2, 0.25) is 0 Å². The maximum absolute atomic E-state index is 13.1. The van der Waals surface area contributed by atoms with Crippen LogP contribution < -0.4 is 0 Å². The Kier molecular flexibility index (Phi) is 4.50. The average Bonchev–Trinajstić information content (AvgIpc) is 3.23. The predicted molar refractivity (Wildman–Crippen MR) is 97.0 cm³/mol. The van der Waals surface area contributed by atoms with Crippen LogP contribution in [0.3, 0.4) is 0 Å². The van der Waals surface area contributed by atoms with Crippen molar-refractivity contribution in [2.24, 2.45) is 0 Å². The van der Waals surface area contributed by atoms with E-state index in [1.807, 2.05) is 60.5 Å². The molecule has 2 aromatic heterocycles. The van der Waals surface area contributed by atoms with E-state index in [-0.39, 0.29) is 18.1 Å². The van der Waals surface area contributed by atoms with E-state index in [1.165, 1.54) is 0 Å². The first-order valence-corrected chi connectivity index (χ1v) is 8.64. The fraction of sp³-hybridized carbons (Fsp3) is 0.250. The minimum atomic E-state index is -0.0896. The lowest BCUT2D eigenvalue weighted by atomic mass is 10.0. The second kappa shape index (κ2) is 7.09. The van der Waals surface area contributed by atoms with E-state index in [4.69, 9.17) is 4.74 Å². The number of pyridine rings is 1. The molecular formula is C20H20N4O2. The predicted octanol–water partition coefficient (Wildman–Crippen LogP) is 2.87. The molecule has 26 heavy (non-hydrogen) atoms. The number of hydrogen-bond acceptors (Lipinski definition) is 4. The van der Waals surface area contributed by atoms with Crippen molar-refractivity contribution < 1.29 is 9.53 Å². The monoisotopic (exact) mass is 348 g/mol. The highest BCUT2D eigenvalue weighted by atomic mass is 16.5. The van der Waals surface area contributed by atoms with Crippen LogP contribution in [0.1, 0.15) is 28.9 Å². The molecule has 1 aliphatic rings. The summed E-state index contributed by atoms with van der Waals surface area (Å²) in [4.78, 5) is 23.4. The summed E-state index contributed by atoms with van der Waals surface area (Å²) in [6, 6.07) is 13.6. The van der Waals surface area contributed by atoms with Crippen molar-refractivity contribution >= 4 is 5.91 Å². The zero-order valence-corrected chi connectivity index (χ0v) is 14.5. The molecule has 1 aromatic carbocycles. The first kappa shape index (κ1) is 16.5. The van der Waals surface area contributed by atoms with Gasteiger partial charge in [-0.05, 0) is 24.6 Å². The Morgan fingerprint density at radius 3 is 2.73 bits per heavy atom. The molecule has 0 spiro atoms.